The van der Waals surface area contributed by atoms with Gasteiger partial charge in [0.15, 0.2) is 11.5 Å². The predicted octanol–water partition coefficient (Wildman–Crippen LogP) is 1.99. The minimum absolute atomic E-state index is 0.0134. The summed E-state index contributed by atoms with van der Waals surface area (Å²) in [6.45, 7) is 2.14. The topological polar surface area (TPSA) is 47.6 Å². The van der Waals surface area contributed by atoms with Crippen molar-refractivity contribution in [2.24, 2.45) is 0 Å². The fourth-order valence-electron chi connectivity index (χ4n) is 1.46. The third-order valence-electron chi connectivity index (χ3n) is 2.32. The Kier molecular flexibility index (Phi) is 5.54. The summed E-state index contributed by atoms with van der Waals surface area (Å²) in [5.74, 6) is 1.42. The molecule has 0 fully saturated rings. The molecule has 1 aromatic rings. The number of benzene rings is 1. The molecular formula is C12H16INO3. The molecule has 17 heavy (non-hydrogen) atoms. The first-order valence-electron chi connectivity index (χ1n) is 5.23. The molecule has 1 N–H and O–H groups in total. The number of methoxy groups -OCH3 is 2. The number of amides is 1. The Balaban J connectivity index is 2.81. The van der Waals surface area contributed by atoms with Gasteiger partial charge in [0.05, 0.1) is 14.2 Å². The molecule has 0 radical (unpaired) electrons. The highest BCUT2D eigenvalue weighted by molar-refractivity contribution is 14.1. The van der Waals surface area contributed by atoms with E-state index in [9.17, 15) is 4.79 Å². The molecule has 0 saturated heterocycles. The minimum atomic E-state index is -0.0134. The van der Waals surface area contributed by atoms with Crippen LogP contribution in [-0.4, -0.2) is 26.7 Å². The van der Waals surface area contributed by atoms with E-state index >= 15 is 0 Å². The van der Waals surface area contributed by atoms with Crippen molar-refractivity contribution >= 4 is 28.5 Å². The van der Waals surface area contributed by atoms with Gasteiger partial charge in [0, 0.05) is 17.0 Å². The quantitative estimate of drug-likeness (QED) is 0.828. The second kappa shape index (κ2) is 6.68. The van der Waals surface area contributed by atoms with Gasteiger partial charge in [0.1, 0.15) is 0 Å². The van der Waals surface area contributed by atoms with Crippen LogP contribution in [0.25, 0.3) is 0 Å². The molecule has 0 spiro atoms. The van der Waals surface area contributed by atoms with E-state index in [0.717, 1.165) is 21.3 Å². The van der Waals surface area contributed by atoms with Crippen molar-refractivity contribution in [2.75, 3.05) is 20.8 Å². The maximum Gasteiger partial charge on any atom is 0.216 e. The van der Waals surface area contributed by atoms with E-state index in [0.29, 0.717) is 12.3 Å². The SMILES string of the molecule is COc1cc(I)c(CCNC(C)=O)cc1OC. The van der Waals surface area contributed by atoms with E-state index in [1.54, 1.807) is 14.2 Å². The Morgan fingerprint density at radius 2 is 1.88 bits per heavy atom. The summed E-state index contributed by atoms with van der Waals surface area (Å²) in [6, 6.07) is 3.88. The van der Waals surface area contributed by atoms with Crippen LogP contribution in [0.4, 0.5) is 0 Å². The van der Waals surface area contributed by atoms with Gasteiger partial charge in [-0.25, -0.2) is 0 Å². The smallest absolute Gasteiger partial charge is 0.216 e. The van der Waals surface area contributed by atoms with Gasteiger partial charge in [-0.05, 0) is 46.7 Å². The van der Waals surface area contributed by atoms with Gasteiger partial charge in [-0.3, -0.25) is 4.79 Å². The van der Waals surface area contributed by atoms with Gasteiger partial charge in [-0.2, -0.15) is 0 Å². The number of halogens is 1. The highest BCUT2D eigenvalue weighted by atomic mass is 127. The predicted molar refractivity (Wildman–Crippen MR) is 74.7 cm³/mol. The number of rotatable bonds is 5. The van der Waals surface area contributed by atoms with Crippen LogP contribution in [0.3, 0.4) is 0 Å². The first-order chi connectivity index (χ1) is 8.08. The summed E-state index contributed by atoms with van der Waals surface area (Å²) < 4.78 is 11.6. The van der Waals surface area contributed by atoms with Crippen LogP contribution in [0.1, 0.15) is 12.5 Å². The molecule has 0 heterocycles. The fraction of sp³-hybridized carbons (Fsp3) is 0.417. The molecule has 0 aromatic heterocycles. The Labute approximate surface area is 115 Å². The lowest BCUT2D eigenvalue weighted by Crippen LogP contribution is -2.22. The monoisotopic (exact) mass is 349 g/mol. The van der Waals surface area contributed by atoms with Crippen LogP contribution in [-0.2, 0) is 11.2 Å². The summed E-state index contributed by atoms with van der Waals surface area (Å²) in [5.41, 5.74) is 1.14. The molecule has 1 amide bonds. The standard InChI is InChI=1S/C12H16INO3/c1-8(15)14-5-4-9-6-11(16-2)12(17-3)7-10(9)13/h6-7H,4-5H2,1-3H3,(H,14,15). The number of hydrogen-bond acceptors (Lipinski definition) is 3. The van der Waals surface area contributed by atoms with Crippen LogP contribution < -0.4 is 14.8 Å². The second-order valence-electron chi connectivity index (χ2n) is 3.53. The Morgan fingerprint density at radius 3 is 2.41 bits per heavy atom. The van der Waals surface area contributed by atoms with E-state index in [2.05, 4.69) is 27.9 Å². The van der Waals surface area contributed by atoms with E-state index < -0.39 is 0 Å². The van der Waals surface area contributed by atoms with E-state index in [4.69, 9.17) is 9.47 Å². The summed E-state index contributed by atoms with van der Waals surface area (Å²) in [6.07, 6.45) is 0.776. The fourth-order valence-corrected chi connectivity index (χ4v) is 2.17. The maximum absolute atomic E-state index is 10.8. The van der Waals surface area contributed by atoms with Crippen LogP contribution in [0, 0.1) is 3.57 Å². The lowest BCUT2D eigenvalue weighted by Gasteiger charge is -2.12. The molecule has 94 valence electrons. The maximum atomic E-state index is 10.8. The van der Waals surface area contributed by atoms with Crippen molar-refractivity contribution in [3.63, 3.8) is 0 Å². The zero-order valence-corrected chi connectivity index (χ0v) is 12.3. The zero-order valence-electron chi connectivity index (χ0n) is 10.2. The molecule has 1 rings (SSSR count). The van der Waals surface area contributed by atoms with Crippen LogP contribution >= 0.6 is 22.6 Å². The van der Waals surface area contributed by atoms with Gasteiger partial charge < -0.3 is 14.8 Å². The molecule has 0 aliphatic rings. The highest BCUT2D eigenvalue weighted by Gasteiger charge is 2.09. The van der Waals surface area contributed by atoms with E-state index in [1.807, 2.05) is 12.1 Å². The van der Waals surface area contributed by atoms with Crippen LogP contribution in [0.15, 0.2) is 12.1 Å². The van der Waals surface area contributed by atoms with Crippen molar-refractivity contribution in [2.45, 2.75) is 13.3 Å². The normalized spacial score (nSPS) is 9.88. The zero-order chi connectivity index (χ0) is 12.8. The van der Waals surface area contributed by atoms with Crippen molar-refractivity contribution in [3.8, 4) is 11.5 Å². The first kappa shape index (κ1) is 14.1. The first-order valence-corrected chi connectivity index (χ1v) is 6.31. The number of carbonyl (C=O) groups is 1. The third-order valence-corrected chi connectivity index (χ3v) is 3.33. The number of hydrogen-bond donors (Lipinski definition) is 1. The van der Waals surface area contributed by atoms with Crippen molar-refractivity contribution in [3.05, 3.63) is 21.3 Å². The molecule has 0 bridgehead atoms. The Morgan fingerprint density at radius 1 is 1.29 bits per heavy atom. The average molecular weight is 349 g/mol. The molecule has 0 aliphatic carbocycles. The van der Waals surface area contributed by atoms with E-state index in [1.165, 1.54) is 6.92 Å². The lowest BCUT2D eigenvalue weighted by atomic mass is 10.1. The molecule has 5 heteroatoms. The molecular weight excluding hydrogens is 333 g/mol. The van der Waals surface area contributed by atoms with Gasteiger partial charge in [0.2, 0.25) is 5.91 Å². The molecule has 0 unspecified atom stereocenters. The van der Waals surface area contributed by atoms with Gasteiger partial charge in [0.25, 0.3) is 0 Å². The number of ether oxygens (including phenoxy) is 2. The van der Waals surface area contributed by atoms with Gasteiger partial charge >= 0.3 is 0 Å². The van der Waals surface area contributed by atoms with Gasteiger partial charge in [-0.15, -0.1) is 0 Å². The largest absolute Gasteiger partial charge is 0.493 e. The summed E-state index contributed by atoms with van der Waals surface area (Å²) in [4.78, 5) is 10.8. The minimum Gasteiger partial charge on any atom is -0.493 e. The molecule has 0 aliphatic heterocycles. The van der Waals surface area contributed by atoms with Crippen molar-refractivity contribution in [1.82, 2.24) is 5.32 Å². The average Bonchev–Trinajstić information content (AvgIpc) is 2.30. The number of carbonyl (C=O) groups excluding carboxylic acids is 1. The molecule has 0 atom stereocenters. The molecule has 0 saturated carbocycles. The summed E-state index contributed by atoms with van der Waals surface area (Å²) >= 11 is 2.25. The van der Waals surface area contributed by atoms with Crippen molar-refractivity contribution in [1.29, 1.82) is 0 Å². The lowest BCUT2D eigenvalue weighted by molar-refractivity contribution is -0.118. The molecule has 1 aromatic carbocycles. The summed E-state index contributed by atoms with van der Waals surface area (Å²) in [5, 5.41) is 2.77. The molecule has 4 nitrogen and oxygen atoms in total. The Bertz CT molecular complexity index is 407. The highest BCUT2D eigenvalue weighted by Crippen LogP contribution is 2.31. The Hall–Kier alpha value is -0.980. The van der Waals surface area contributed by atoms with Gasteiger partial charge in [-0.1, -0.05) is 0 Å². The second-order valence-corrected chi connectivity index (χ2v) is 4.69. The van der Waals surface area contributed by atoms with Crippen LogP contribution in [0.2, 0.25) is 0 Å². The third kappa shape index (κ3) is 4.07. The van der Waals surface area contributed by atoms with Crippen molar-refractivity contribution < 1.29 is 14.3 Å². The van der Waals surface area contributed by atoms with Crippen LogP contribution in [0.5, 0.6) is 11.5 Å². The number of nitrogens with one attached hydrogen (secondary N) is 1. The van der Waals surface area contributed by atoms with E-state index in [-0.39, 0.29) is 5.91 Å². The summed E-state index contributed by atoms with van der Waals surface area (Å²) in [7, 11) is 3.23.